The highest BCUT2D eigenvalue weighted by Gasteiger charge is 2.12. The average Bonchev–Trinajstić information content (AvgIpc) is 2.97. The van der Waals surface area contributed by atoms with Crippen molar-refractivity contribution in [2.24, 2.45) is 5.10 Å². The number of halogens is 1. The molecule has 2 aromatic rings. The molecule has 0 aliphatic carbocycles. The summed E-state index contributed by atoms with van der Waals surface area (Å²) in [6.07, 6.45) is 6.62. The van der Waals surface area contributed by atoms with Crippen molar-refractivity contribution in [3.63, 3.8) is 0 Å². The number of ether oxygens (including phenoxy) is 1. The maximum Gasteiger partial charge on any atom is 0.311 e. The minimum absolute atomic E-state index is 0.138. The standard InChI is InChI=1S/C21H27FN4O2S/c1-2-28-20(27)12-18-15-29-21(24-18)25-23-13-16-7-8-17(19(22)11-16)14-26-9-5-3-4-6-10-26/h7-8,11,13,15H,2-6,9-10,12,14H2,1H3,(H,24,25). The van der Waals surface area contributed by atoms with Gasteiger partial charge in [-0.05, 0) is 44.5 Å². The molecule has 29 heavy (non-hydrogen) atoms. The average molecular weight is 419 g/mol. The lowest BCUT2D eigenvalue weighted by Gasteiger charge is -2.20. The fraction of sp³-hybridized carbons (Fsp3) is 0.476. The van der Waals surface area contributed by atoms with Crippen molar-refractivity contribution in [3.05, 3.63) is 46.2 Å². The highest BCUT2D eigenvalue weighted by Crippen LogP contribution is 2.18. The highest BCUT2D eigenvalue weighted by atomic mass is 32.1. The predicted molar refractivity (Wildman–Crippen MR) is 114 cm³/mol. The molecule has 156 valence electrons. The van der Waals surface area contributed by atoms with Crippen LogP contribution >= 0.6 is 11.3 Å². The first-order valence-corrected chi connectivity index (χ1v) is 10.9. The number of anilines is 1. The first-order valence-electron chi connectivity index (χ1n) is 10.0. The Kier molecular flexibility index (Phi) is 8.13. The lowest BCUT2D eigenvalue weighted by atomic mass is 10.1. The number of nitrogens with zero attached hydrogens (tertiary/aromatic N) is 3. The third-order valence-corrected chi connectivity index (χ3v) is 5.52. The van der Waals surface area contributed by atoms with Gasteiger partial charge in [0.15, 0.2) is 0 Å². The lowest BCUT2D eigenvalue weighted by Crippen LogP contribution is -2.24. The van der Waals surface area contributed by atoms with Gasteiger partial charge in [0.25, 0.3) is 0 Å². The van der Waals surface area contributed by atoms with Crippen LogP contribution in [0.15, 0.2) is 28.7 Å². The number of rotatable bonds is 8. The second kappa shape index (κ2) is 11.0. The van der Waals surface area contributed by atoms with Gasteiger partial charge in [0.05, 0.1) is 24.9 Å². The molecule has 0 bridgehead atoms. The van der Waals surface area contributed by atoms with E-state index in [1.165, 1.54) is 43.1 Å². The summed E-state index contributed by atoms with van der Waals surface area (Å²) in [5.74, 6) is -0.507. The van der Waals surface area contributed by atoms with Gasteiger partial charge in [-0.15, -0.1) is 11.3 Å². The summed E-state index contributed by atoms with van der Waals surface area (Å²) in [6.45, 7) is 4.86. The summed E-state index contributed by atoms with van der Waals surface area (Å²) in [5.41, 5.74) is 4.86. The first kappa shape index (κ1) is 21.4. The van der Waals surface area contributed by atoms with E-state index in [1.54, 1.807) is 18.5 Å². The molecule has 1 fully saturated rings. The van der Waals surface area contributed by atoms with E-state index in [0.717, 1.165) is 18.7 Å². The zero-order valence-corrected chi connectivity index (χ0v) is 17.5. The maximum absolute atomic E-state index is 14.5. The van der Waals surface area contributed by atoms with Crippen molar-refractivity contribution < 1.29 is 13.9 Å². The number of carbonyl (C=O) groups excluding carboxylic acids is 1. The summed E-state index contributed by atoms with van der Waals surface area (Å²) >= 11 is 1.35. The minimum Gasteiger partial charge on any atom is -0.466 e. The molecule has 1 saturated heterocycles. The molecule has 1 aliphatic heterocycles. The van der Waals surface area contributed by atoms with E-state index in [9.17, 15) is 9.18 Å². The monoisotopic (exact) mass is 418 g/mol. The second-order valence-corrected chi connectivity index (χ2v) is 7.90. The van der Waals surface area contributed by atoms with Gasteiger partial charge < -0.3 is 4.74 Å². The molecule has 0 radical (unpaired) electrons. The summed E-state index contributed by atoms with van der Waals surface area (Å²) in [4.78, 5) is 18.1. The zero-order chi connectivity index (χ0) is 20.5. The third-order valence-electron chi connectivity index (χ3n) is 4.73. The number of carbonyl (C=O) groups is 1. The SMILES string of the molecule is CCOC(=O)Cc1csc(NN=Cc2ccc(CN3CCCCCC3)c(F)c2)n1. The molecule has 2 heterocycles. The normalized spacial score (nSPS) is 15.4. The number of hydrazone groups is 1. The van der Waals surface area contributed by atoms with Crippen molar-refractivity contribution >= 4 is 28.7 Å². The summed E-state index contributed by atoms with van der Waals surface area (Å²) < 4.78 is 19.4. The molecular formula is C21H27FN4O2S. The molecule has 6 nitrogen and oxygen atoms in total. The lowest BCUT2D eigenvalue weighted by molar-refractivity contribution is -0.142. The van der Waals surface area contributed by atoms with E-state index < -0.39 is 0 Å². The van der Waals surface area contributed by atoms with Crippen molar-refractivity contribution in [2.75, 3.05) is 25.1 Å². The number of nitrogens with one attached hydrogen (secondary N) is 1. The van der Waals surface area contributed by atoms with Crippen LogP contribution in [0.25, 0.3) is 0 Å². The van der Waals surface area contributed by atoms with Gasteiger partial charge in [0.2, 0.25) is 5.13 Å². The topological polar surface area (TPSA) is 66.8 Å². The van der Waals surface area contributed by atoms with E-state index in [1.807, 2.05) is 12.1 Å². The fourth-order valence-electron chi connectivity index (χ4n) is 3.27. The zero-order valence-electron chi connectivity index (χ0n) is 16.7. The number of hydrogen-bond acceptors (Lipinski definition) is 7. The number of thiazole rings is 1. The molecule has 3 rings (SSSR count). The van der Waals surface area contributed by atoms with Crippen LogP contribution in [0.2, 0.25) is 0 Å². The van der Waals surface area contributed by atoms with Gasteiger partial charge in [-0.1, -0.05) is 25.0 Å². The third kappa shape index (κ3) is 6.90. The molecule has 0 atom stereocenters. The minimum atomic E-state index is -0.302. The quantitative estimate of drug-likeness (QED) is 0.395. The Bertz CT molecular complexity index is 832. The van der Waals surface area contributed by atoms with Crippen molar-refractivity contribution in [1.29, 1.82) is 0 Å². The molecule has 0 saturated carbocycles. The number of esters is 1. The Morgan fingerprint density at radius 1 is 1.34 bits per heavy atom. The molecule has 8 heteroatoms. The largest absolute Gasteiger partial charge is 0.466 e. The van der Waals surface area contributed by atoms with Crippen LogP contribution in [-0.4, -0.2) is 41.8 Å². The maximum atomic E-state index is 14.5. The molecule has 0 amide bonds. The van der Waals surface area contributed by atoms with Crippen LogP contribution in [0.4, 0.5) is 9.52 Å². The Morgan fingerprint density at radius 2 is 2.14 bits per heavy atom. The van der Waals surface area contributed by atoms with Gasteiger partial charge in [-0.2, -0.15) is 5.10 Å². The molecule has 1 aromatic carbocycles. The van der Waals surface area contributed by atoms with E-state index in [0.29, 0.717) is 29.5 Å². The molecule has 0 unspecified atom stereocenters. The Morgan fingerprint density at radius 3 is 2.86 bits per heavy atom. The summed E-state index contributed by atoms with van der Waals surface area (Å²) in [5, 5.41) is 6.47. The van der Waals surface area contributed by atoms with E-state index >= 15 is 0 Å². The molecule has 1 aliphatic rings. The van der Waals surface area contributed by atoms with Crippen LogP contribution < -0.4 is 5.43 Å². The highest BCUT2D eigenvalue weighted by molar-refractivity contribution is 7.13. The molecule has 1 N–H and O–H groups in total. The van der Waals surface area contributed by atoms with Crippen LogP contribution in [0.1, 0.15) is 49.4 Å². The number of aromatic nitrogens is 1. The molecule has 0 spiro atoms. The first-order chi connectivity index (χ1) is 14.1. The Labute approximate surface area is 174 Å². The van der Waals surface area contributed by atoms with Gasteiger partial charge in [0, 0.05) is 17.5 Å². The number of benzene rings is 1. The van der Waals surface area contributed by atoms with Crippen molar-refractivity contribution in [2.45, 2.75) is 45.6 Å². The summed E-state index contributed by atoms with van der Waals surface area (Å²) in [7, 11) is 0. The van der Waals surface area contributed by atoms with Gasteiger partial charge in [-0.25, -0.2) is 9.37 Å². The van der Waals surface area contributed by atoms with Crippen molar-refractivity contribution in [3.8, 4) is 0 Å². The van der Waals surface area contributed by atoms with E-state index in [4.69, 9.17) is 4.74 Å². The van der Waals surface area contributed by atoms with Crippen LogP contribution in [0.3, 0.4) is 0 Å². The van der Waals surface area contributed by atoms with Gasteiger partial charge >= 0.3 is 5.97 Å². The van der Waals surface area contributed by atoms with E-state index in [2.05, 4.69) is 20.4 Å². The Hall–Kier alpha value is -2.32. The second-order valence-electron chi connectivity index (χ2n) is 7.04. The van der Waals surface area contributed by atoms with E-state index in [-0.39, 0.29) is 18.2 Å². The van der Waals surface area contributed by atoms with Crippen molar-refractivity contribution in [1.82, 2.24) is 9.88 Å². The fourth-order valence-corrected chi connectivity index (χ4v) is 3.93. The van der Waals surface area contributed by atoms with Gasteiger partial charge in [-0.3, -0.25) is 15.1 Å². The van der Waals surface area contributed by atoms with Gasteiger partial charge in [0.1, 0.15) is 5.82 Å². The Balaban J connectivity index is 1.52. The summed E-state index contributed by atoms with van der Waals surface area (Å²) in [6, 6.07) is 5.21. The predicted octanol–water partition coefficient (Wildman–Crippen LogP) is 4.21. The smallest absolute Gasteiger partial charge is 0.311 e. The number of likely N-dealkylation sites (tertiary alicyclic amines) is 1. The van der Waals surface area contributed by atoms with Crippen LogP contribution in [0.5, 0.6) is 0 Å². The van der Waals surface area contributed by atoms with Crippen LogP contribution in [0, 0.1) is 5.82 Å². The molecular weight excluding hydrogens is 391 g/mol. The van der Waals surface area contributed by atoms with Crippen LogP contribution in [-0.2, 0) is 22.5 Å². The molecule has 1 aromatic heterocycles. The number of hydrogen-bond donors (Lipinski definition) is 1.